The van der Waals surface area contributed by atoms with Crippen LogP contribution in [0.25, 0.3) is 0 Å². The number of hydrogen-bond acceptors (Lipinski definition) is 3. The zero-order valence-corrected chi connectivity index (χ0v) is 13.5. The second-order valence-electron chi connectivity index (χ2n) is 4.43. The second kappa shape index (κ2) is 6.87. The van der Waals surface area contributed by atoms with E-state index in [0.29, 0.717) is 16.1 Å². The summed E-state index contributed by atoms with van der Waals surface area (Å²) in [7, 11) is 0. The molecule has 0 N–H and O–H groups in total. The molecule has 2 rings (SSSR count). The van der Waals surface area contributed by atoms with Crippen LogP contribution in [0.5, 0.6) is 0 Å². The number of benzene rings is 2. The van der Waals surface area contributed by atoms with Crippen molar-refractivity contribution in [1.29, 1.82) is 0 Å². The van der Waals surface area contributed by atoms with E-state index in [1.54, 1.807) is 55.5 Å². The number of carbonyl (C=O) groups excluding carboxylic acids is 2. The van der Waals surface area contributed by atoms with Crippen LogP contribution in [-0.2, 0) is 4.74 Å². The molecule has 0 spiro atoms. The summed E-state index contributed by atoms with van der Waals surface area (Å²) in [5.74, 6) is -0.797. The van der Waals surface area contributed by atoms with Crippen molar-refractivity contribution < 1.29 is 14.3 Å². The van der Waals surface area contributed by atoms with E-state index in [0.717, 1.165) is 4.47 Å². The highest BCUT2D eigenvalue weighted by atomic mass is 79.9. The molecule has 0 aliphatic heterocycles. The fourth-order valence-corrected chi connectivity index (χ4v) is 2.11. The summed E-state index contributed by atoms with van der Waals surface area (Å²) in [6, 6.07) is 13.2. The number of rotatable bonds is 4. The van der Waals surface area contributed by atoms with Crippen LogP contribution in [0.15, 0.2) is 53.0 Å². The molecule has 0 amide bonds. The zero-order valence-electron chi connectivity index (χ0n) is 11.2. The normalized spacial score (nSPS) is 11.8. The first-order valence-electron chi connectivity index (χ1n) is 6.23. The van der Waals surface area contributed by atoms with Gasteiger partial charge in [-0.3, -0.25) is 4.79 Å². The zero-order chi connectivity index (χ0) is 15.4. The minimum atomic E-state index is -0.859. The Bertz CT molecular complexity index is 650. The molecule has 0 bridgehead atoms. The molecule has 0 aliphatic carbocycles. The number of ether oxygens (including phenoxy) is 1. The lowest BCUT2D eigenvalue weighted by Gasteiger charge is -2.12. The van der Waals surface area contributed by atoms with Crippen LogP contribution in [0.1, 0.15) is 27.6 Å². The third kappa shape index (κ3) is 4.16. The second-order valence-corrected chi connectivity index (χ2v) is 5.78. The molecule has 3 nitrogen and oxygen atoms in total. The van der Waals surface area contributed by atoms with Gasteiger partial charge in [-0.1, -0.05) is 27.5 Å². The lowest BCUT2D eigenvalue weighted by atomic mass is 10.1. The maximum atomic E-state index is 12.1. The van der Waals surface area contributed by atoms with E-state index in [1.165, 1.54) is 0 Å². The van der Waals surface area contributed by atoms with Crippen LogP contribution >= 0.6 is 27.5 Å². The molecule has 0 unspecified atom stereocenters. The van der Waals surface area contributed by atoms with E-state index in [9.17, 15) is 9.59 Å². The van der Waals surface area contributed by atoms with Crippen LogP contribution in [0.2, 0.25) is 5.02 Å². The van der Waals surface area contributed by atoms with Crippen LogP contribution in [0.3, 0.4) is 0 Å². The third-order valence-corrected chi connectivity index (χ3v) is 3.64. The van der Waals surface area contributed by atoms with E-state index in [1.807, 2.05) is 0 Å². The monoisotopic (exact) mass is 366 g/mol. The maximum Gasteiger partial charge on any atom is 0.338 e. The molecule has 0 radical (unpaired) electrons. The summed E-state index contributed by atoms with van der Waals surface area (Å²) in [5, 5.41) is 0.547. The maximum absolute atomic E-state index is 12.1. The molecule has 1 atom stereocenters. The molecule has 0 fully saturated rings. The van der Waals surface area contributed by atoms with Crippen LogP contribution in [0.4, 0.5) is 0 Å². The highest BCUT2D eigenvalue weighted by Gasteiger charge is 2.20. The summed E-state index contributed by atoms with van der Waals surface area (Å²) < 4.78 is 6.05. The Morgan fingerprint density at radius 3 is 2.10 bits per heavy atom. The van der Waals surface area contributed by atoms with Gasteiger partial charge < -0.3 is 4.74 Å². The van der Waals surface area contributed by atoms with Crippen molar-refractivity contribution in [3.8, 4) is 0 Å². The number of hydrogen-bond donors (Lipinski definition) is 0. The van der Waals surface area contributed by atoms with E-state index >= 15 is 0 Å². The SMILES string of the molecule is C[C@@H](OC(=O)c1ccc(Br)cc1)C(=O)c1ccc(Cl)cc1. The first kappa shape index (κ1) is 15.7. The third-order valence-electron chi connectivity index (χ3n) is 2.86. The van der Waals surface area contributed by atoms with Gasteiger partial charge in [0.2, 0.25) is 5.78 Å². The summed E-state index contributed by atoms with van der Waals surface area (Å²) >= 11 is 9.06. The fourth-order valence-electron chi connectivity index (χ4n) is 1.72. The fraction of sp³-hybridized carbons (Fsp3) is 0.125. The van der Waals surface area contributed by atoms with Crippen molar-refractivity contribution >= 4 is 39.3 Å². The molecular weight excluding hydrogens is 356 g/mol. The molecule has 0 saturated heterocycles. The molecule has 0 heterocycles. The Labute approximate surface area is 136 Å². The van der Waals surface area contributed by atoms with Gasteiger partial charge in [-0.05, 0) is 55.5 Å². The molecule has 0 aromatic heterocycles. The number of esters is 1. The molecule has 0 aliphatic rings. The minimum Gasteiger partial charge on any atom is -0.451 e. The summed E-state index contributed by atoms with van der Waals surface area (Å²) in [5.41, 5.74) is 0.851. The summed E-state index contributed by atoms with van der Waals surface area (Å²) in [6.45, 7) is 1.55. The highest BCUT2D eigenvalue weighted by molar-refractivity contribution is 9.10. The van der Waals surface area contributed by atoms with Gasteiger partial charge in [-0.2, -0.15) is 0 Å². The predicted molar refractivity (Wildman–Crippen MR) is 84.8 cm³/mol. The largest absolute Gasteiger partial charge is 0.451 e. The Balaban J connectivity index is 2.05. The molecule has 0 saturated carbocycles. The van der Waals surface area contributed by atoms with Crippen LogP contribution in [-0.4, -0.2) is 17.9 Å². The van der Waals surface area contributed by atoms with Gasteiger partial charge in [-0.25, -0.2) is 4.79 Å². The number of halogens is 2. The average molecular weight is 368 g/mol. The first-order chi connectivity index (χ1) is 9.97. The van der Waals surface area contributed by atoms with E-state index in [2.05, 4.69) is 15.9 Å². The molecule has 21 heavy (non-hydrogen) atoms. The number of carbonyl (C=O) groups is 2. The van der Waals surface area contributed by atoms with Crippen molar-refractivity contribution in [2.45, 2.75) is 13.0 Å². The van der Waals surface area contributed by atoms with E-state index in [-0.39, 0.29) is 5.78 Å². The Kier molecular flexibility index (Phi) is 5.15. The lowest BCUT2D eigenvalue weighted by Crippen LogP contribution is -2.24. The standard InChI is InChI=1S/C16H12BrClO3/c1-10(15(19)11-4-8-14(18)9-5-11)21-16(20)12-2-6-13(17)7-3-12/h2-10H,1H3/t10-/m1/s1. The van der Waals surface area contributed by atoms with Crippen molar-refractivity contribution in [1.82, 2.24) is 0 Å². The smallest absolute Gasteiger partial charge is 0.338 e. The number of Topliss-reactive ketones (excluding diaryl/α,β-unsaturated/α-hetero) is 1. The molecule has 2 aromatic rings. The van der Waals surface area contributed by atoms with Gasteiger partial charge >= 0.3 is 5.97 Å². The van der Waals surface area contributed by atoms with Gasteiger partial charge in [0.05, 0.1) is 5.56 Å². The van der Waals surface area contributed by atoms with E-state index in [4.69, 9.17) is 16.3 Å². The van der Waals surface area contributed by atoms with Crippen molar-refractivity contribution in [3.05, 3.63) is 69.2 Å². The first-order valence-corrected chi connectivity index (χ1v) is 7.41. The quantitative estimate of drug-likeness (QED) is 0.589. The Morgan fingerprint density at radius 1 is 1.00 bits per heavy atom. The van der Waals surface area contributed by atoms with Crippen LogP contribution in [0, 0.1) is 0 Å². The molecule has 5 heteroatoms. The van der Waals surface area contributed by atoms with Crippen LogP contribution < -0.4 is 0 Å². The number of ketones is 1. The van der Waals surface area contributed by atoms with Gasteiger partial charge in [-0.15, -0.1) is 0 Å². The minimum absolute atomic E-state index is 0.267. The van der Waals surface area contributed by atoms with Gasteiger partial charge in [0.25, 0.3) is 0 Å². The topological polar surface area (TPSA) is 43.4 Å². The predicted octanol–water partition coefficient (Wildman–Crippen LogP) is 4.53. The summed E-state index contributed by atoms with van der Waals surface area (Å²) in [6.07, 6.45) is -0.859. The van der Waals surface area contributed by atoms with Crippen molar-refractivity contribution in [3.63, 3.8) is 0 Å². The van der Waals surface area contributed by atoms with Gasteiger partial charge in [0.1, 0.15) is 0 Å². The Morgan fingerprint density at radius 2 is 1.52 bits per heavy atom. The molecule has 2 aromatic carbocycles. The van der Waals surface area contributed by atoms with Gasteiger partial charge in [0, 0.05) is 15.1 Å². The summed E-state index contributed by atoms with van der Waals surface area (Å²) in [4.78, 5) is 24.1. The lowest BCUT2D eigenvalue weighted by molar-refractivity contribution is 0.0319. The molecular formula is C16H12BrClO3. The Hall–Kier alpha value is -1.65. The van der Waals surface area contributed by atoms with Crippen molar-refractivity contribution in [2.24, 2.45) is 0 Å². The molecule has 108 valence electrons. The average Bonchev–Trinajstić information content (AvgIpc) is 2.47. The van der Waals surface area contributed by atoms with Crippen molar-refractivity contribution in [2.75, 3.05) is 0 Å². The highest BCUT2D eigenvalue weighted by Crippen LogP contribution is 2.15. The van der Waals surface area contributed by atoms with E-state index < -0.39 is 12.1 Å². The van der Waals surface area contributed by atoms with Gasteiger partial charge in [0.15, 0.2) is 6.10 Å².